The van der Waals surface area contributed by atoms with Crippen LogP contribution in [-0.2, 0) is 44.0 Å². The molecule has 48 heavy (non-hydrogen) atoms. The average Bonchev–Trinajstić information content (AvgIpc) is 3.55. The van der Waals surface area contributed by atoms with Crippen molar-refractivity contribution in [3.05, 3.63) is 102 Å². The van der Waals surface area contributed by atoms with E-state index in [1.165, 1.54) is 30.3 Å². The van der Waals surface area contributed by atoms with Crippen LogP contribution in [0.4, 0.5) is 23.5 Å². The second-order valence-corrected chi connectivity index (χ2v) is 14.4. The largest absolute Gasteiger partial charge is 0.416 e. The van der Waals surface area contributed by atoms with E-state index in [-0.39, 0.29) is 47.5 Å². The summed E-state index contributed by atoms with van der Waals surface area (Å²) in [7, 11) is -7.93. The lowest BCUT2D eigenvalue weighted by atomic mass is 10.1. The van der Waals surface area contributed by atoms with Gasteiger partial charge >= 0.3 is 6.18 Å². The van der Waals surface area contributed by atoms with Crippen LogP contribution in [0.3, 0.4) is 0 Å². The first kappa shape index (κ1) is 34.9. The zero-order chi connectivity index (χ0) is 34.7. The Morgan fingerprint density at radius 2 is 1.56 bits per heavy atom. The summed E-state index contributed by atoms with van der Waals surface area (Å²) in [6, 6.07) is 15.1. The van der Waals surface area contributed by atoms with E-state index in [9.17, 15) is 39.2 Å². The fourth-order valence-corrected chi connectivity index (χ4v) is 7.31. The smallest absolute Gasteiger partial charge is 0.354 e. The van der Waals surface area contributed by atoms with Gasteiger partial charge in [-0.25, -0.2) is 36.3 Å². The Morgan fingerprint density at radius 3 is 2.19 bits per heavy atom. The second kappa shape index (κ2) is 14.0. The van der Waals surface area contributed by atoms with E-state index in [4.69, 9.17) is 5.14 Å². The van der Waals surface area contributed by atoms with E-state index in [0.29, 0.717) is 24.1 Å². The molecule has 0 unspecified atom stereocenters. The minimum absolute atomic E-state index is 0.0350. The minimum Gasteiger partial charge on any atom is -0.354 e. The number of sulfonamides is 2. The maximum absolute atomic E-state index is 13.4. The van der Waals surface area contributed by atoms with Gasteiger partial charge in [0.05, 0.1) is 33.3 Å². The number of primary sulfonamides is 1. The SMILES string of the molecule is NS(=O)(=O)c1ccc(CCNc2nc(CNC(=O)[C@@H]3CCCN3S(=O)(=O)c3ccc(F)cc3)cc(-c3ccc(C(F)(F)F)cc3)n2)cc1. The van der Waals surface area contributed by atoms with Gasteiger partial charge in [-0.1, -0.05) is 24.3 Å². The Balaban J connectivity index is 1.33. The van der Waals surface area contributed by atoms with Gasteiger partial charge in [-0.15, -0.1) is 0 Å². The molecule has 0 saturated carbocycles. The summed E-state index contributed by atoms with van der Waals surface area (Å²) >= 11 is 0. The second-order valence-electron chi connectivity index (χ2n) is 11.0. The van der Waals surface area contributed by atoms with Crippen LogP contribution in [0.15, 0.2) is 88.7 Å². The summed E-state index contributed by atoms with van der Waals surface area (Å²) in [6.45, 7) is 0.233. The topological polar surface area (TPSA) is 164 Å². The predicted octanol–water partition coefficient (Wildman–Crippen LogP) is 4.07. The molecule has 1 atom stereocenters. The number of nitrogens with two attached hydrogens (primary N) is 1. The van der Waals surface area contributed by atoms with Crippen LogP contribution in [0.1, 0.15) is 29.7 Å². The predicted molar refractivity (Wildman–Crippen MR) is 168 cm³/mol. The number of hydrogen-bond donors (Lipinski definition) is 3. The number of hydrogen-bond acceptors (Lipinski definition) is 8. The first-order valence-electron chi connectivity index (χ1n) is 14.6. The first-order valence-corrected chi connectivity index (χ1v) is 17.6. The molecule has 1 amide bonds. The highest BCUT2D eigenvalue weighted by Crippen LogP contribution is 2.31. The number of anilines is 1. The fourth-order valence-electron chi connectivity index (χ4n) is 5.14. The number of aromatic nitrogens is 2. The number of nitrogens with zero attached hydrogens (tertiary/aromatic N) is 3. The maximum atomic E-state index is 13.4. The maximum Gasteiger partial charge on any atom is 0.416 e. The molecule has 0 radical (unpaired) electrons. The van der Waals surface area contributed by atoms with Gasteiger partial charge in [0.15, 0.2) is 0 Å². The standard InChI is InChI=1S/C31H30F4N6O5S2/c32-23-9-13-26(14-10-23)48(45,46)41-17-1-2-28(41)29(42)38-19-24-18-27(21-5-7-22(8-6-21)31(33,34)35)40-30(39-24)37-16-15-20-3-11-25(12-4-20)47(36,43)44/h3-14,18,28H,1-2,15-17,19H2,(H,38,42)(H2,36,43,44)(H,37,39,40)/t28-/m0/s1. The van der Waals surface area contributed by atoms with Crippen LogP contribution in [0, 0.1) is 5.82 Å². The van der Waals surface area contributed by atoms with Crippen LogP contribution in [-0.4, -0.2) is 56.1 Å². The molecular weight excluding hydrogens is 677 g/mol. The Hall–Kier alpha value is -4.45. The lowest BCUT2D eigenvalue weighted by molar-refractivity contribution is -0.137. The molecule has 5 rings (SSSR count). The molecule has 1 aliphatic heterocycles. The molecule has 4 N–H and O–H groups in total. The molecule has 11 nitrogen and oxygen atoms in total. The van der Waals surface area contributed by atoms with Crippen LogP contribution < -0.4 is 15.8 Å². The quantitative estimate of drug-likeness (QED) is 0.197. The Morgan fingerprint density at radius 1 is 0.917 bits per heavy atom. The van der Waals surface area contributed by atoms with Crippen molar-refractivity contribution in [3.8, 4) is 11.3 Å². The number of carbonyl (C=O) groups is 1. The fraction of sp³-hybridized carbons (Fsp3) is 0.258. The van der Waals surface area contributed by atoms with Crippen molar-refractivity contribution in [1.29, 1.82) is 0 Å². The van der Waals surface area contributed by atoms with Crippen molar-refractivity contribution in [2.75, 3.05) is 18.4 Å². The first-order chi connectivity index (χ1) is 22.6. The highest BCUT2D eigenvalue weighted by Gasteiger charge is 2.39. The van der Waals surface area contributed by atoms with E-state index >= 15 is 0 Å². The van der Waals surface area contributed by atoms with Gasteiger partial charge in [-0.2, -0.15) is 17.5 Å². The monoisotopic (exact) mass is 706 g/mol. The zero-order valence-electron chi connectivity index (χ0n) is 25.1. The van der Waals surface area contributed by atoms with Crippen molar-refractivity contribution in [2.45, 2.75) is 47.8 Å². The van der Waals surface area contributed by atoms with Gasteiger partial charge < -0.3 is 10.6 Å². The zero-order valence-corrected chi connectivity index (χ0v) is 26.7. The summed E-state index contributed by atoms with van der Waals surface area (Å²) in [5, 5.41) is 10.9. The summed E-state index contributed by atoms with van der Waals surface area (Å²) < 4.78 is 103. The molecule has 254 valence electrons. The number of nitrogens with one attached hydrogen (secondary N) is 2. The summed E-state index contributed by atoms with van der Waals surface area (Å²) in [4.78, 5) is 22.0. The molecular formula is C31H30F4N6O5S2. The summed E-state index contributed by atoms with van der Waals surface area (Å²) in [5.74, 6) is -1.07. The molecule has 0 aliphatic carbocycles. The van der Waals surface area contributed by atoms with E-state index in [1.54, 1.807) is 12.1 Å². The van der Waals surface area contributed by atoms with Crippen molar-refractivity contribution in [1.82, 2.24) is 19.6 Å². The van der Waals surface area contributed by atoms with E-state index in [0.717, 1.165) is 46.3 Å². The highest BCUT2D eigenvalue weighted by molar-refractivity contribution is 7.89. The summed E-state index contributed by atoms with van der Waals surface area (Å²) in [5.41, 5.74) is 0.852. The molecule has 1 aliphatic rings. The Bertz CT molecular complexity index is 1990. The van der Waals surface area contributed by atoms with Crippen molar-refractivity contribution in [3.63, 3.8) is 0 Å². The molecule has 0 spiro atoms. The molecule has 17 heteroatoms. The third-order valence-corrected chi connectivity index (χ3v) is 10.5. The Labute approximate surface area is 274 Å². The minimum atomic E-state index is -4.53. The van der Waals surface area contributed by atoms with E-state index < -0.39 is 49.6 Å². The number of rotatable bonds is 11. The molecule has 3 aromatic carbocycles. The van der Waals surface area contributed by atoms with Crippen LogP contribution in [0.25, 0.3) is 11.3 Å². The number of benzene rings is 3. The molecule has 1 saturated heterocycles. The lowest BCUT2D eigenvalue weighted by Crippen LogP contribution is -2.45. The number of alkyl halides is 3. The van der Waals surface area contributed by atoms with Gasteiger partial charge in [0.1, 0.15) is 11.9 Å². The average molecular weight is 707 g/mol. The third kappa shape index (κ3) is 8.33. The molecule has 1 fully saturated rings. The molecule has 1 aromatic heterocycles. The van der Waals surface area contributed by atoms with Crippen molar-refractivity contribution >= 4 is 31.9 Å². The number of carbonyl (C=O) groups excluding carboxylic acids is 1. The third-order valence-electron chi connectivity index (χ3n) is 7.61. The lowest BCUT2D eigenvalue weighted by Gasteiger charge is -2.23. The van der Waals surface area contributed by atoms with Crippen molar-refractivity contribution < 1.29 is 39.2 Å². The van der Waals surface area contributed by atoms with Crippen LogP contribution in [0.2, 0.25) is 0 Å². The molecule has 2 heterocycles. The van der Waals surface area contributed by atoms with Crippen LogP contribution in [0.5, 0.6) is 0 Å². The normalized spacial score (nSPS) is 15.7. The number of halogens is 4. The van der Waals surface area contributed by atoms with Gasteiger partial charge in [0.25, 0.3) is 0 Å². The van der Waals surface area contributed by atoms with Gasteiger partial charge in [0, 0.05) is 18.7 Å². The Kier molecular flexibility index (Phi) is 10.1. The van der Waals surface area contributed by atoms with E-state index in [2.05, 4.69) is 20.6 Å². The molecule has 4 aromatic rings. The summed E-state index contributed by atoms with van der Waals surface area (Å²) in [6.07, 6.45) is -3.41. The van der Waals surface area contributed by atoms with Gasteiger partial charge in [0.2, 0.25) is 31.9 Å². The molecule has 0 bridgehead atoms. The van der Waals surface area contributed by atoms with Gasteiger partial charge in [-0.05, 0) is 79.4 Å². The highest BCUT2D eigenvalue weighted by atomic mass is 32.2. The van der Waals surface area contributed by atoms with E-state index in [1.807, 2.05) is 0 Å². The van der Waals surface area contributed by atoms with Crippen molar-refractivity contribution in [2.24, 2.45) is 5.14 Å². The van der Waals surface area contributed by atoms with Crippen LogP contribution >= 0.6 is 0 Å². The number of amides is 1. The van der Waals surface area contributed by atoms with Gasteiger partial charge in [-0.3, -0.25) is 4.79 Å².